The van der Waals surface area contributed by atoms with Crippen LogP contribution in [0.4, 0.5) is 0 Å². The van der Waals surface area contributed by atoms with Gasteiger partial charge in [-0.3, -0.25) is 0 Å². The molecule has 3 nitrogen and oxygen atoms in total. The molecule has 1 unspecified atom stereocenters. The van der Waals surface area contributed by atoms with Gasteiger partial charge in [0.15, 0.2) is 0 Å². The van der Waals surface area contributed by atoms with Crippen LogP contribution in [-0.2, 0) is 13.5 Å². The molecule has 1 fully saturated rings. The van der Waals surface area contributed by atoms with Crippen LogP contribution in [0.3, 0.4) is 0 Å². The van der Waals surface area contributed by atoms with Crippen LogP contribution in [0.1, 0.15) is 65.1 Å². The smallest absolute Gasteiger partial charge is 0.108 e. The van der Waals surface area contributed by atoms with Crippen molar-refractivity contribution in [3.8, 4) is 0 Å². The van der Waals surface area contributed by atoms with Crippen molar-refractivity contribution in [3.05, 3.63) is 18.2 Å². The van der Waals surface area contributed by atoms with Crippen molar-refractivity contribution in [2.75, 3.05) is 6.54 Å². The fraction of sp³-hybridized carbons (Fsp3) is 0.833. The van der Waals surface area contributed by atoms with Crippen molar-refractivity contribution in [1.29, 1.82) is 0 Å². The number of hydrogen-bond acceptors (Lipinski definition) is 2. The third-order valence-electron chi connectivity index (χ3n) is 5.18. The van der Waals surface area contributed by atoms with Gasteiger partial charge in [-0.1, -0.05) is 33.6 Å². The highest BCUT2D eigenvalue weighted by atomic mass is 15.0. The van der Waals surface area contributed by atoms with Gasteiger partial charge < -0.3 is 9.88 Å². The fourth-order valence-corrected chi connectivity index (χ4v) is 4.37. The van der Waals surface area contributed by atoms with Gasteiger partial charge in [-0.05, 0) is 43.6 Å². The minimum atomic E-state index is 0.523. The zero-order chi connectivity index (χ0) is 15.3. The van der Waals surface area contributed by atoms with Crippen LogP contribution in [0.2, 0.25) is 0 Å². The molecular weight excluding hydrogens is 258 g/mol. The quantitative estimate of drug-likeness (QED) is 0.786. The van der Waals surface area contributed by atoms with E-state index in [2.05, 4.69) is 48.9 Å². The molecule has 1 saturated carbocycles. The lowest BCUT2D eigenvalue weighted by molar-refractivity contribution is 0.148. The molecule has 0 aliphatic heterocycles. The predicted octanol–water partition coefficient (Wildman–Crippen LogP) is 3.94. The molecule has 1 atom stereocenters. The molecule has 3 heteroatoms. The molecule has 0 saturated heterocycles. The number of aryl methyl sites for hydroxylation is 2. The van der Waals surface area contributed by atoms with Crippen molar-refractivity contribution in [2.45, 2.75) is 71.8 Å². The highest BCUT2D eigenvalue weighted by Crippen LogP contribution is 2.47. The Hall–Kier alpha value is -0.830. The first-order valence-corrected chi connectivity index (χ1v) is 8.77. The molecule has 0 bridgehead atoms. The van der Waals surface area contributed by atoms with Gasteiger partial charge in [-0.2, -0.15) is 0 Å². The van der Waals surface area contributed by atoms with Crippen LogP contribution in [0.25, 0.3) is 0 Å². The van der Waals surface area contributed by atoms with Gasteiger partial charge in [-0.15, -0.1) is 0 Å². The number of aromatic nitrogens is 2. The Morgan fingerprint density at radius 2 is 2.05 bits per heavy atom. The molecule has 2 rings (SSSR count). The number of imidazole rings is 1. The molecular formula is C18H33N3. The van der Waals surface area contributed by atoms with E-state index in [0.29, 0.717) is 11.5 Å². The molecule has 21 heavy (non-hydrogen) atoms. The summed E-state index contributed by atoms with van der Waals surface area (Å²) in [5.74, 6) is 2.01. The van der Waals surface area contributed by atoms with Crippen molar-refractivity contribution in [3.63, 3.8) is 0 Å². The Labute approximate surface area is 130 Å². The van der Waals surface area contributed by atoms with Gasteiger partial charge >= 0.3 is 0 Å². The normalized spacial score (nSPS) is 19.3. The van der Waals surface area contributed by atoms with Crippen LogP contribution in [0.15, 0.2) is 12.4 Å². The van der Waals surface area contributed by atoms with Gasteiger partial charge in [0.2, 0.25) is 0 Å². The zero-order valence-electron chi connectivity index (χ0n) is 14.4. The van der Waals surface area contributed by atoms with E-state index in [9.17, 15) is 0 Å². The summed E-state index contributed by atoms with van der Waals surface area (Å²) in [6, 6.07) is 0.643. The first-order valence-electron chi connectivity index (χ1n) is 8.77. The van der Waals surface area contributed by atoms with E-state index < -0.39 is 0 Å². The lowest BCUT2D eigenvalue weighted by Gasteiger charge is -2.40. The maximum absolute atomic E-state index is 4.49. The Kier molecular flexibility index (Phi) is 5.86. The van der Waals surface area contributed by atoms with E-state index in [-0.39, 0.29) is 0 Å². The van der Waals surface area contributed by atoms with E-state index in [4.69, 9.17) is 0 Å². The zero-order valence-corrected chi connectivity index (χ0v) is 14.4. The second kappa shape index (κ2) is 7.44. The van der Waals surface area contributed by atoms with E-state index in [1.54, 1.807) is 0 Å². The maximum Gasteiger partial charge on any atom is 0.108 e. The number of rotatable bonds is 8. The maximum atomic E-state index is 4.49. The minimum Gasteiger partial charge on any atom is -0.338 e. The fourth-order valence-electron chi connectivity index (χ4n) is 4.37. The molecule has 1 aromatic rings. The Bertz CT molecular complexity index is 416. The van der Waals surface area contributed by atoms with Gasteiger partial charge in [0.25, 0.3) is 0 Å². The molecule has 0 amide bonds. The Morgan fingerprint density at radius 3 is 2.57 bits per heavy atom. The summed E-state index contributed by atoms with van der Waals surface area (Å²) >= 11 is 0. The monoisotopic (exact) mass is 291 g/mol. The van der Waals surface area contributed by atoms with Crippen molar-refractivity contribution in [1.82, 2.24) is 14.9 Å². The van der Waals surface area contributed by atoms with E-state index in [1.165, 1.54) is 44.3 Å². The van der Waals surface area contributed by atoms with Crippen molar-refractivity contribution < 1.29 is 0 Å². The number of hydrogen-bond donors (Lipinski definition) is 1. The standard InChI is InChI=1S/C18H33N3/c1-5-19-16(8-9-17-20-12-13-21(17)4)18(14-15(2)3)10-6-7-11-18/h12-13,15-16,19H,5-11,14H2,1-4H3. The van der Waals surface area contributed by atoms with Crippen LogP contribution in [0, 0.1) is 11.3 Å². The van der Waals surface area contributed by atoms with Crippen LogP contribution >= 0.6 is 0 Å². The Morgan fingerprint density at radius 1 is 1.33 bits per heavy atom. The summed E-state index contributed by atoms with van der Waals surface area (Å²) in [5.41, 5.74) is 0.523. The van der Waals surface area contributed by atoms with Gasteiger partial charge in [0.05, 0.1) is 0 Å². The summed E-state index contributed by atoms with van der Waals surface area (Å²) in [5, 5.41) is 3.82. The lowest BCUT2D eigenvalue weighted by atomic mass is 9.71. The molecule has 1 N–H and O–H groups in total. The Balaban J connectivity index is 2.06. The van der Waals surface area contributed by atoms with Crippen molar-refractivity contribution >= 4 is 0 Å². The number of nitrogens with zero attached hydrogens (tertiary/aromatic N) is 2. The third kappa shape index (κ3) is 4.09. The highest BCUT2D eigenvalue weighted by molar-refractivity contribution is 4.98. The first-order chi connectivity index (χ1) is 10.1. The molecule has 1 aliphatic carbocycles. The van der Waals surface area contributed by atoms with Crippen LogP contribution < -0.4 is 5.32 Å². The summed E-state index contributed by atoms with van der Waals surface area (Å²) in [4.78, 5) is 4.49. The molecule has 0 spiro atoms. The van der Waals surface area contributed by atoms with Gasteiger partial charge in [-0.25, -0.2) is 4.98 Å². The van der Waals surface area contributed by atoms with E-state index in [1.807, 2.05) is 6.20 Å². The highest BCUT2D eigenvalue weighted by Gasteiger charge is 2.40. The third-order valence-corrected chi connectivity index (χ3v) is 5.18. The van der Waals surface area contributed by atoms with Gasteiger partial charge in [0.1, 0.15) is 5.82 Å². The van der Waals surface area contributed by atoms with Gasteiger partial charge in [0, 0.05) is 31.9 Å². The molecule has 0 radical (unpaired) electrons. The number of nitrogens with one attached hydrogen (secondary N) is 1. The average Bonchev–Trinajstić information content (AvgIpc) is 3.04. The second-order valence-corrected chi connectivity index (χ2v) is 7.27. The summed E-state index contributed by atoms with van der Waals surface area (Å²) < 4.78 is 2.16. The van der Waals surface area contributed by atoms with Crippen molar-refractivity contribution in [2.24, 2.45) is 18.4 Å². The predicted molar refractivity (Wildman–Crippen MR) is 89.3 cm³/mol. The molecule has 1 aromatic heterocycles. The molecule has 1 aliphatic rings. The summed E-state index contributed by atoms with van der Waals surface area (Å²) in [6.07, 6.45) is 13.3. The van der Waals surface area contributed by atoms with E-state index >= 15 is 0 Å². The first kappa shape index (κ1) is 16.5. The minimum absolute atomic E-state index is 0.523. The SMILES string of the molecule is CCNC(CCc1nccn1C)C1(CC(C)C)CCCC1. The second-order valence-electron chi connectivity index (χ2n) is 7.27. The summed E-state index contributed by atoms with van der Waals surface area (Å²) in [7, 11) is 2.10. The van der Waals surface area contributed by atoms with Crippen LogP contribution in [0.5, 0.6) is 0 Å². The summed E-state index contributed by atoms with van der Waals surface area (Å²) in [6.45, 7) is 8.07. The van der Waals surface area contributed by atoms with Crippen LogP contribution in [-0.4, -0.2) is 22.1 Å². The molecule has 0 aromatic carbocycles. The molecule has 1 heterocycles. The lowest BCUT2D eigenvalue weighted by Crippen LogP contribution is -2.45. The van der Waals surface area contributed by atoms with E-state index in [0.717, 1.165) is 18.9 Å². The molecule has 120 valence electrons. The topological polar surface area (TPSA) is 29.9 Å². The largest absolute Gasteiger partial charge is 0.338 e. The average molecular weight is 291 g/mol.